The van der Waals surface area contributed by atoms with E-state index in [1.165, 1.54) is 15.8 Å². The first kappa shape index (κ1) is 11.3. The number of thiophene rings is 1. The van der Waals surface area contributed by atoms with Gasteiger partial charge in [0.2, 0.25) is 0 Å². The van der Waals surface area contributed by atoms with Crippen LogP contribution in [0.1, 0.15) is 0 Å². The van der Waals surface area contributed by atoms with Crippen LogP contribution in [0.3, 0.4) is 0 Å². The second-order valence-corrected chi connectivity index (χ2v) is 6.17. The Bertz CT molecular complexity index is 529. The molecule has 0 aliphatic carbocycles. The summed E-state index contributed by atoms with van der Waals surface area (Å²) in [6, 6.07) is 8.48. The van der Waals surface area contributed by atoms with E-state index in [9.17, 15) is 0 Å². The lowest BCUT2D eigenvalue weighted by Gasteiger charge is -2.34. The Kier molecular flexibility index (Phi) is 2.99. The van der Waals surface area contributed by atoms with Crippen molar-refractivity contribution in [3.05, 3.63) is 28.6 Å². The fourth-order valence-electron chi connectivity index (χ4n) is 2.33. The number of piperazine rings is 1. The summed E-state index contributed by atoms with van der Waals surface area (Å²) < 4.78 is 2.21. The van der Waals surface area contributed by atoms with Crippen LogP contribution in [0.15, 0.2) is 24.3 Å². The van der Waals surface area contributed by atoms with Crippen LogP contribution < -0.4 is 4.90 Å². The van der Waals surface area contributed by atoms with Gasteiger partial charge in [0.05, 0.1) is 5.69 Å². The van der Waals surface area contributed by atoms with Gasteiger partial charge in [0.1, 0.15) is 4.34 Å². The Labute approximate surface area is 110 Å². The van der Waals surface area contributed by atoms with Crippen molar-refractivity contribution in [2.24, 2.45) is 0 Å². The molecule has 3 rings (SSSR count). The Balaban J connectivity index is 2.02. The largest absolute Gasteiger partial charge is 0.367 e. The van der Waals surface area contributed by atoms with Crippen molar-refractivity contribution < 1.29 is 0 Å². The summed E-state index contributed by atoms with van der Waals surface area (Å²) in [5, 5.41) is 1.30. The highest BCUT2D eigenvalue weighted by molar-refractivity contribution is 7.23. The van der Waals surface area contributed by atoms with E-state index in [0.717, 1.165) is 30.5 Å². The molecule has 1 aliphatic rings. The van der Waals surface area contributed by atoms with Crippen molar-refractivity contribution in [2.45, 2.75) is 0 Å². The maximum atomic E-state index is 6.40. The summed E-state index contributed by atoms with van der Waals surface area (Å²) >= 11 is 8.08. The van der Waals surface area contributed by atoms with Crippen LogP contribution in [0.2, 0.25) is 4.34 Å². The average Bonchev–Trinajstić information content (AvgIpc) is 2.66. The molecule has 0 atom stereocenters. The topological polar surface area (TPSA) is 6.48 Å². The number of anilines is 1. The van der Waals surface area contributed by atoms with Crippen LogP contribution in [0, 0.1) is 0 Å². The lowest BCUT2D eigenvalue weighted by Crippen LogP contribution is -2.44. The fraction of sp³-hybridized carbons (Fsp3) is 0.385. The standard InChI is InChI=1S/C13H15ClN2S/c1-15-6-8-16(9-7-15)12-10-4-2-3-5-11(10)17-13(12)14/h2-5H,6-9H2,1H3. The smallest absolute Gasteiger partial charge is 0.117 e. The molecule has 0 radical (unpaired) electrons. The molecule has 90 valence electrons. The van der Waals surface area contributed by atoms with E-state index in [2.05, 4.69) is 41.1 Å². The molecule has 2 nitrogen and oxygen atoms in total. The normalized spacial score (nSPS) is 17.9. The maximum absolute atomic E-state index is 6.40. The summed E-state index contributed by atoms with van der Waals surface area (Å²) in [5.74, 6) is 0. The molecular formula is C13H15ClN2S. The summed E-state index contributed by atoms with van der Waals surface area (Å²) in [6.45, 7) is 4.36. The third-order valence-electron chi connectivity index (χ3n) is 3.35. The molecule has 1 saturated heterocycles. The van der Waals surface area contributed by atoms with E-state index in [1.807, 2.05) is 0 Å². The van der Waals surface area contributed by atoms with Crippen LogP contribution in [0.4, 0.5) is 5.69 Å². The number of hydrogen-bond donors (Lipinski definition) is 0. The zero-order valence-electron chi connectivity index (χ0n) is 9.82. The number of fused-ring (bicyclic) bond motifs is 1. The number of nitrogens with zero attached hydrogens (tertiary/aromatic N) is 2. The van der Waals surface area contributed by atoms with Crippen molar-refractivity contribution in [1.82, 2.24) is 4.90 Å². The highest BCUT2D eigenvalue weighted by atomic mass is 35.5. The van der Waals surface area contributed by atoms with Gasteiger partial charge >= 0.3 is 0 Å². The molecule has 1 aliphatic heterocycles. The van der Waals surface area contributed by atoms with E-state index in [0.29, 0.717) is 0 Å². The molecule has 1 aromatic carbocycles. The van der Waals surface area contributed by atoms with E-state index in [-0.39, 0.29) is 0 Å². The molecule has 0 bridgehead atoms. The molecule has 17 heavy (non-hydrogen) atoms. The summed E-state index contributed by atoms with van der Waals surface area (Å²) in [7, 11) is 2.17. The Hall–Kier alpha value is -0.770. The zero-order valence-corrected chi connectivity index (χ0v) is 11.4. The van der Waals surface area contributed by atoms with Crippen molar-refractivity contribution >= 4 is 38.7 Å². The molecule has 1 fully saturated rings. The van der Waals surface area contributed by atoms with Crippen LogP contribution in [0.5, 0.6) is 0 Å². The molecule has 0 N–H and O–H groups in total. The Morgan fingerprint density at radius 1 is 1.12 bits per heavy atom. The minimum Gasteiger partial charge on any atom is -0.367 e. The first-order valence-electron chi connectivity index (χ1n) is 5.86. The number of hydrogen-bond acceptors (Lipinski definition) is 3. The van der Waals surface area contributed by atoms with Crippen LogP contribution in [0.25, 0.3) is 10.1 Å². The summed E-state index contributed by atoms with van der Waals surface area (Å²) in [4.78, 5) is 4.78. The molecule has 0 unspecified atom stereocenters. The van der Waals surface area contributed by atoms with Crippen LogP contribution in [-0.2, 0) is 0 Å². The van der Waals surface area contributed by atoms with Gasteiger partial charge in [-0.15, -0.1) is 11.3 Å². The van der Waals surface area contributed by atoms with Gasteiger partial charge < -0.3 is 9.80 Å². The minimum absolute atomic E-state index is 0.927. The third kappa shape index (κ3) is 2.03. The predicted octanol–water partition coefficient (Wildman–Crippen LogP) is 3.31. The van der Waals surface area contributed by atoms with Gasteiger partial charge in [0.15, 0.2) is 0 Å². The van der Waals surface area contributed by atoms with E-state index < -0.39 is 0 Å². The van der Waals surface area contributed by atoms with Crippen LogP contribution in [-0.4, -0.2) is 38.1 Å². The van der Waals surface area contributed by atoms with Gasteiger partial charge in [-0.05, 0) is 13.1 Å². The Morgan fingerprint density at radius 2 is 1.82 bits per heavy atom. The van der Waals surface area contributed by atoms with E-state index in [1.54, 1.807) is 11.3 Å². The average molecular weight is 267 g/mol. The number of rotatable bonds is 1. The molecule has 2 aromatic rings. The number of likely N-dealkylation sites (N-methyl/N-ethyl adjacent to an activating group) is 1. The molecular weight excluding hydrogens is 252 g/mol. The van der Waals surface area contributed by atoms with E-state index >= 15 is 0 Å². The van der Waals surface area contributed by atoms with Crippen molar-refractivity contribution in [3.63, 3.8) is 0 Å². The summed E-state index contributed by atoms with van der Waals surface area (Å²) in [6.07, 6.45) is 0. The zero-order chi connectivity index (χ0) is 11.8. The first-order chi connectivity index (χ1) is 8.25. The van der Waals surface area contributed by atoms with Crippen molar-refractivity contribution in [2.75, 3.05) is 38.1 Å². The van der Waals surface area contributed by atoms with Gasteiger partial charge in [-0.2, -0.15) is 0 Å². The molecule has 2 heterocycles. The molecule has 0 saturated carbocycles. The monoisotopic (exact) mass is 266 g/mol. The second kappa shape index (κ2) is 4.48. The lowest BCUT2D eigenvalue weighted by atomic mass is 10.2. The van der Waals surface area contributed by atoms with Gasteiger partial charge in [-0.1, -0.05) is 29.8 Å². The maximum Gasteiger partial charge on any atom is 0.117 e. The second-order valence-electron chi connectivity index (χ2n) is 4.51. The first-order valence-corrected chi connectivity index (χ1v) is 7.05. The lowest BCUT2D eigenvalue weighted by molar-refractivity contribution is 0.313. The van der Waals surface area contributed by atoms with Crippen LogP contribution >= 0.6 is 22.9 Å². The third-order valence-corrected chi connectivity index (χ3v) is 4.71. The number of benzene rings is 1. The molecule has 1 aromatic heterocycles. The summed E-state index contributed by atoms with van der Waals surface area (Å²) in [5.41, 5.74) is 1.24. The van der Waals surface area contributed by atoms with Gasteiger partial charge in [-0.3, -0.25) is 0 Å². The van der Waals surface area contributed by atoms with Crippen molar-refractivity contribution in [1.29, 1.82) is 0 Å². The minimum atomic E-state index is 0.927. The fourth-order valence-corrected chi connectivity index (χ4v) is 3.75. The SMILES string of the molecule is CN1CCN(c2c(Cl)sc3ccccc23)CC1. The molecule has 0 amide bonds. The highest BCUT2D eigenvalue weighted by Crippen LogP contribution is 2.41. The number of halogens is 1. The Morgan fingerprint density at radius 3 is 2.59 bits per heavy atom. The molecule has 4 heteroatoms. The van der Waals surface area contributed by atoms with E-state index in [4.69, 9.17) is 11.6 Å². The quantitative estimate of drug-likeness (QED) is 0.781. The van der Waals surface area contributed by atoms with Gasteiger partial charge in [0.25, 0.3) is 0 Å². The molecule has 0 spiro atoms. The van der Waals surface area contributed by atoms with Gasteiger partial charge in [-0.25, -0.2) is 0 Å². The highest BCUT2D eigenvalue weighted by Gasteiger charge is 2.20. The van der Waals surface area contributed by atoms with Crippen molar-refractivity contribution in [3.8, 4) is 0 Å². The van der Waals surface area contributed by atoms with Gasteiger partial charge in [0, 0.05) is 36.3 Å². The predicted molar refractivity (Wildman–Crippen MR) is 76.5 cm³/mol.